The Morgan fingerprint density at radius 2 is 1.62 bits per heavy atom. The summed E-state index contributed by atoms with van der Waals surface area (Å²) in [6.07, 6.45) is 0.958. The minimum absolute atomic E-state index is 0.0463. The molecule has 0 saturated carbocycles. The van der Waals surface area contributed by atoms with Gasteiger partial charge in [-0.1, -0.05) is 48.5 Å². The highest BCUT2D eigenvalue weighted by Gasteiger charge is 2.22. The van der Waals surface area contributed by atoms with Gasteiger partial charge >= 0.3 is 5.97 Å². The predicted octanol–water partition coefficient (Wildman–Crippen LogP) is 3.35. The van der Waals surface area contributed by atoms with Gasteiger partial charge in [-0.15, -0.1) is 0 Å². The van der Waals surface area contributed by atoms with Crippen molar-refractivity contribution in [3.63, 3.8) is 0 Å². The lowest BCUT2D eigenvalue weighted by Crippen LogP contribution is -2.43. The Morgan fingerprint density at radius 1 is 1.04 bits per heavy atom. The summed E-state index contributed by atoms with van der Waals surface area (Å²) in [5, 5.41) is 19.6. The van der Waals surface area contributed by atoms with Crippen molar-refractivity contribution in [2.45, 2.75) is 38.3 Å². The van der Waals surface area contributed by atoms with Crippen LogP contribution in [0.5, 0.6) is 0 Å². The minimum atomic E-state index is -0.832. The Labute approximate surface area is 143 Å². The summed E-state index contributed by atoms with van der Waals surface area (Å²) in [5.41, 5.74) is 2.13. The van der Waals surface area contributed by atoms with E-state index in [1.807, 2.05) is 60.4 Å². The van der Waals surface area contributed by atoms with E-state index < -0.39 is 12.1 Å². The molecule has 0 bridgehead atoms. The average molecular weight is 327 g/mol. The van der Waals surface area contributed by atoms with E-state index >= 15 is 0 Å². The SMILES string of the molecule is CC(C(O)CCc1ccccc1)N(CCC(=O)O)c1ccccc1. The third-order valence-electron chi connectivity index (χ3n) is 4.27. The first-order valence-corrected chi connectivity index (χ1v) is 8.33. The van der Waals surface area contributed by atoms with Gasteiger partial charge in [0.2, 0.25) is 0 Å². The van der Waals surface area contributed by atoms with Gasteiger partial charge in [0.15, 0.2) is 0 Å². The van der Waals surface area contributed by atoms with Crippen molar-refractivity contribution < 1.29 is 15.0 Å². The molecule has 0 aliphatic rings. The Hall–Kier alpha value is -2.33. The van der Waals surface area contributed by atoms with E-state index in [1.165, 1.54) is 5.56 Å². The van der Waals surface area contributed by atoms with Crippen molar-refractivity contribution in [3.8, 4) is 0 Å². The van der Waals surface area contributed by atoms with Crippen LogP contribution >= 0.6 is 0 Å². The van der Waals surface area contributed by atoms with E-state index in [0.717, 1.165) is 12.1 Å². The zero-order valence-electron chi connectivity index (χ0n) is 14.0. The second kappa shape index (κ2) is 9.08. The van der Waals surface area contributed by atoms with Gasteiger partial charge in [-0.25, -0.2) is 0 Å². The van der Waals surface area contributed by atoms with Gasteiger partial charge in [-0.05, 0) is 37.5 Å². The van der Waals surface area contributed by atoms with Gasteiger partial charge < -0.3 is 15.1 Å². The van der Waals surface area contributed by atoms with Crippen molar-refractivity contribution in [2.24, 2.45) is 0 Å². The van der Waals surface area contributed by atoms with Crippen LogP contribution in [0.3, 0.4) is 0 Å². The molecular formula is C20H25NO3. The van der Waals surface area contributed by atoms with E-state index in [1.54, 1.807) is 0 Å². The van der Waals surface area contributed by atoms with Gasteiger partial charge in [0.25, 0.3) is 0 Å². The smallest absolute Gasteiger partial charge is 0.305 e. The number of anilines is 1. The van der Waals surface area contributed by atoms with E-state index in [4.69, 9.17) is 5.11 Å². The Kier molecular flexibility index (Phi) is 6.82. The fraction of sp³-hybridized carbons (Fsp3) is 0.350. The number of aryl methyl sites for hydroxylation is 1. The number of rotatable bonds is 9. The lowest BCUT2D eigenvalue weighted by Gasteiger charge is -2.34. The molecule has 0 aromatic heterocycles. The molecule has 0 aliphatic heterocycles. The van der Waals surface area contributed by atoms with Crippen LogP contribution in [0.25, 0.3) is 0 Å². The van der Waals surface area contributed by atoms with Crippen LogP contribution < -0.4 is 4.90 Å². The minimum Gasteiger partial charge on any atom is -0.481 e. The standard InChI is InChI=1S/C20H25NO3/c1-16(19(22)13-12-17-8-4-2-5-9-17)21(15-14-20(23)24)18-10-6-3-7-11-18/h2-11,16,19,22H,12-15H2,1H3,(H,23,24). The zero-order valence-corrected chi connectivity index (χ0v) is 14.0. The first kappa shape index (κ1) is 18.0. The summed E-state index contributed by atoms with van der Waals surface area (Å²) in [4.78, 5) is 12.9. The van der Waals surface area contributed by atoms with Gasteiger partial charge in [0.05, 0.1) is 18.6 Å². The molecule has 0 amide bonds. The van der Waals surface area contributed by atoms with E-state index in [-0.39, 0.29) is 12.5 Å². The number of aliphatic hydroxyl groups is 1. The number of hydrogen-bond donors (Lipinski definition) is 2. The number of carboxylic acid groups (broad SMARTS) is 1. The fourth-order valence-corrected chi connectivity index (χ4v) is 2.81. The number of benzene rings is 2. The number of hydrogen-bond acceptors (Lipinski definition) is 3. The van der Waals surface area contributed by atoms with Crippen molar-refractivity contribution >= 4 is 11.7 Å². The fourth-order valence-electron chi connectivity index (χ4n) is 2.81. The van der Waals surface area contributed by atoms with Crippen molar-refractivity contribution in [3.05, 3.63) is 66.2 Å². The summed E-state index contributed by atoms with van der Waals surface area (Å²) in [5.74, 6) is -0.832. The van der Waals surface area contributed by atoms with Gasteiger partial charge in [0.1, 0.15) is 0 Å². The van der Waals surface area contributed by atoms with Crippen LogP contribution in [0.2, 0.25) is 0 Å². The number of carbonyl (C=O) groups is 1. The topological polar surface area (TPSA) is 60.8 Å². The van der Waals surface area contributed by atoms with Crippen molar-refractivity contribution in [1.29, 1.82) is 0 Å². The Balaban J connectivity index is 2.02. The summed E-state index contributed by atoms with van der Waals surface area (Å²) in [6, 6.07) is 19.6. The maximum absolute atomic E-state index is 10.9. The Morgan fingerprint density at radius 3 is 2.21 bits per heavy atom. The summed E-state index contributed by atoms with van der Waals surface area (Å²) < 4.78 is 0. The van der Waals surface area contributed by atoms with Crippen molar-refractivity contribution in [1.82, 2.24) is 0 Å². The highest BCUT2D eigenvalue weighted by atomic mass is 16.4. The maximum atomic E-state index is 10.9. The predicted molar refractivity (Wildman–Crippen MR) is 96.3 cm³/mol. The Bertz CT molecular complexity index is 615. The summed E-state index contributed by atoms with van der Waals surface area (Å²) in [6.45, 7) is 2.33. The largest absolute Gasteiger partial charge is 0.481 e. The molecule has 2 rings (SSSR count). The monoisotopic (exact) mass is 327 g/mol. The number of carboxylic acids is 1. The summed E-state index contributed by atoms with van der Waals surface area (Å²) >= 11 is 0. The molecule has 2 aromatic rings. The van der Waals surface area contributed by atoms with Crippen LogP contribution in [-0.4, -0.2) is 34.9 Å². The van der Waals surface area contributed by atoms with Crippen LogP contribution in [-0.2, 0) is 11.2 Å². The lowest BCUT2D eigenvalue weighted by molar-refractivity contribution is -0.136. The molecule has 0 radical (unpaired) electrons. The van der Waals surface area contributed by atoms with Gasteiger partial charge in [-0.2, -0.15) is 0 Å². The lowest BCUT2D eigenvalue weighted by atomic mass is 10.0. The molecule has 4 nitrogen and oxygen atoms in total. The van der Waals surface area contributed by atoms with E-state index in [9.17, 15) is 9.90 Å². The van der Waals surface area contributed by atoms with E-state index in [0.29, 0.717) is 13.0 Å². The maximum Gasteiger partial charge on any atom is 0.305 e. The quantitative estimate of drug-likeness (QED) is 0.741. The van der Waals surface area contributed by atoms with Crippen LogP contribution in [0.1, 0.15) is 25.3 Å². The third kappa shape index (κ3) is 5.39. The second-order valence-electron chi connectivity index (χ2n) is 6.00. The summed E-state index contributed by atoms with van der Waals surface area (Å²) in [7, 11) is 0. The highest BCUT2D eigenvalue weighted by Crippen LogP contribution is 2.20. The molecule has 0 aliphatic carbocycles. The molecule has 0 heterocycles. The second-order valence-corrected chi connectivity index (χ2v) is 6.00. The number of para-hydroxylation sites is 1. The van der Waals surface area contributed by atoms with Gasteiger partial charge in [0, 0.05) is 12.2 Å². The molecule has 2 unspecified atom stereocenters. The van der Waals surface area contributed by atoms with Crippen molar-refractivity contribution in [2.75, 3.05) is 11.4 Å². The molecule has 0 spiro atoms. The normalized spacial score (nSPS) is 13.2. The molecule has 4 heteroatoms. The highest BCUT2D eigenvalue weighted by molar-refractivity contribution is 5.67. The average Bonchev–Trinajstić information content (AvgIpc) is 2.61. The first-order chi connectivity index (χ1) is 11.6. The van der Waals surface area contributed by atoms with Gasteiger partial charge in [-0.3, -0.25) is 4.79 Å². The number of aliphatic carboxylic acids is 1. The first-order valence-electron chi connectivity index (χ1n) is 8.33. The van der Waals surface area contributed by atoms with Crippen LogP contribution in [0.4, 0.5) is 5.69 Å². The molecule has 2 N–H and O–H groups in total. The molecular weight excluding hydrogens is 302 g/mol. The van der Waals surface area contributed by atoms with E-state index in [2.05, 4.69) is 12.1 Å². The van der Waals surface area contributed by atoms with Crippen LogP contribution in [0, 0.1) is 0 Å². The molecule has 24 heavy (non-hydrogen) atoms. The molecule has 2 atom stereocenters. The number of nitrogens with zero attached hydrogens (tertiary/aromatic N) is 1. The third-order valence-corrected chi connectivity index (χ3v) is 4.27. The molecule has 128 valence electrons. The number of aliphatic hydroxyl groups excluding tert-OH is 1. The molecule has 0 saturated heterocycles. The molecule has 2 aromatic carbocycles. The zero-order chi connectivity index (χ0) is 17.4. The van der Waals surface area contributed by atoms with Crippen LogP contribution in [0.15, 0.2) is 60.7 Å². The molecule has 0 fully saturated rings.